The van der Waals surface area contributed by atoms with Gasteiger partial charge in [0.2, 0.25) is 0 Å². The van der Waals surface area contributed by atoms with Crippen LogP contribution in [0.3, 0.4) is 0 Å². The van der Waals surface area contributed by atoms with E-state index in [-0.39, 0.29) is 0 Å². The first kappa shape index (κ1) is 15.0. The molecule has 0 aliphatic carbocycles. The minimum atomic E-state index is 0.711. The average molecular weight is 309 g/mol. The van der Waals surface area contributed by atoms with Crippen LogP contribution in [-0.4, -0.2) is 13.1 Å². The molecule has 0 heterocycles. The van der Waals surface area contributed by atoms with Gasteiger partial charge in [-0.1, -0.05) is 42.6 Å². The van der Waals surface area contributed by atoms with Gasteiger partial charge in [0.15, 0.2) is 0 Å². The zero-order valence-electron chi connectivity index (χ0n) is 11.4. The van der Waals surface area contributed by atoms with Crippen molar-refractivity contribution in [2.75, 3.05) is 18.0 Å². The van der Waals surface area contributed by atoms with E-state index < -0.39 is 0 Å². The molecule has 3 heteroatoms. The first-order valence-corrected chi connectivity index (χ1v) is 7.39. The molecule has 0 bridgehead atoms. The van der Waals surface area contributed by atoms with Gasteiger partial charge in [-0.05, 0) is 31.0 Å². The standard InChI is InChI=1S/C15H21BrN2/c1-4-12(5-2)11-18(6-3)15-8-13(10-17)7-14(16)9-15/h7-9,12H,4-6,11H2,1-3H3. The fourth-order valence-electron chi connectivity index (χ4n) is 2.10. The van der Waals surface area contributed by atoms with Crippen molar-refractivity contribution in [3.8, 4) is 6.07 Å². The molecule has 0 unspecified atom stereocenters. The van der Waals surface area contributed by atoms with Gasteiger partial charge in [0.25, 0.3) is 0 Å². The average Bonchev–Trinajstić information content (AvgIpc) is 2.39. The van der Waals surface area contributed by atoms with E-state index in [1.165, 1.54) is 12.8 Å². The Bertz CT molecular complexity index is 419. The van der Waals surface area contributed by atoms with E-state index in [2.05, 4.69) is 53.7 Å². The molecule has 1 aromatic carbocycles. The maximum atomic E-state index is 9.03. The minimum Gasteiger partial charge on any atom is -0.371 e. The molecule has 0 saturated heterocycles. The van der Waals surface area contributed by atoms with E-state index in [1.54, 1.807) is 0 Å². The van der Waals surface area contributed by atoms with Crippen LogP contribution in [0, 0.1) is 17.2 Å². The van der Waals surface area contributed by atoms with Crippen LogP contribution in [0.2, 0.25) is 0 Å². The zero-order valence-corrected chi connectivity index (χ0v) is 13.0. The quantitative estimate of drug-likeness (QED) is 0.769. The normalized spacial score (nSPS) is 10.4. The topological polar surface area (TPSA) is 27.0 Å². The molecule has 0 saturated carbocycles. The summed E-state index contributed by atoms with van der Waals surface area (Å²) >= 11 is 3.47. The second kappa shape index (κ2) is 7.43. The predicted molar refractivity (Wildman–Crippen MR) is 80.8 cm³/mol. The summed E-state index contributed by atoms with van der Waals surface area (Å²) in [4.78, 5) is 2.35. The largest absolute Gasteiger partial charge is 0.371 e. The molecule has 0 amide bonds. The highest BCUT2D eigenvalue weighted by Crippen LogP contribution is 2.24. The maximum absolute atomic E-state index is 9.03. The van der Waals surface area contributed by atoms with Gasteiger partial charge in [0.1, 0.15) is 0 Å². The van der Waals surface area contributed by atoms with Crippen LogP contribution in [0.4, 0.5) is 5.69 Å². The Morgan fingerprint density at radius 1 is 1.22 bits per heavy atom. The number of nitriles is 1. The Morgan fingerprint density at radius 2 is 1.89 bits per heavy atom. The molecule has 98 valence electrons. The van der Waals surface area contributed by atoms with E-state index in [4.69, 9.17) is 5.26 Å². The highest BCUT2D eigenvalue weighted by atomic mass is 79.9. The Hall–Kier alpha value is -1.01. The van der Waals surface area contributed by atoms with Gasteiger partial charge in [-0.2, -0.15) is 5.26 Å². The van der Waals surface area contributed by atoms with Crippen molar-refractivity contribution < 1.29 is 0 Å². The minimum absolute atomic E-state index is 0.711. The molecule has 0 fully saturated rings. The van der Waals surface area contributed by atoms with Crippen molar-refractivity contribution in [1.29, 1.82) is 5.26 Å². The summed E-state index contributed by atoms with van der Waals surface area (Å²) in [6.07, 6.45) is 2.40. The number of anilines is 1. The Kier molecular flexibility index (Phi) is 6.21. The SMILES string of the molecule is CCC(CC)CN(CC)c1cc(Br)cc(C#N)c1. The van der Waals surface area contributed by atoms with Crippen molar-refractivity contribution in [2.24, 2.45) is 5.92 Å². The molecular formula is C15H21BrN2. The summed E-state index contributed by atoms with van der Waals surface area (Å²) in [6.45, 7) is 8.67. The highest BCUT2D eigenvalue weighted by molar-refractivity contribution is 9.10. The molecule has 0 spiro atoms. The molecular weight excluding hydrogens is 288 g/mol. The van der Waals surface area contributed by atoms with E-state index in [0.717, 1.165) is 29.2 Å². The van der Waals surface area contributed by atoms with Gasteiger partial charge in [0, 0.05) is 23.2 Å². The molecule has 0 N–H and O–H groups in total. The van der Waals surface area contributed by atoms with Crippen LogP contribution >= 0.6 is 15.9 Å². The van der Waals surface area contributed by atoms with Crippen molar-refractivity contribution in [1.82, 2.24) is 0 Å². The number of halogens is 1. The molecule has 0 radical (unpaired) electrons. The van der Waals surface area contributed by atoms with Crippen molar-refractivity contribution >= 4 is 21.6 Å². The lowest BCUT2D eigenvalue weighted by molar-refractivity contribution is 0.486. The van der Waals surface area contributed by atoms with Crippen molar-refractivity contribution in [2.45, 2.75) is 33.6 Å². The van der Waals surface area contributed by atoms with Crippen LogP contribution in [0.25, 0.3) is 0 Å². The maximum Gasteiger partial charge on any atom is 0.0992 e. The van der Waals surface area contributed by atoms with E-state index in [0.29, 0.717) is 5.56 Å². The summed E-state index contributed by atoms with van der Waals surface area (Å²) < 4.78 is 0.972. The van der Waals surface area contributed by atoms with Gasteiger partial charge in [-0.3, -0.25) is 0 Å². The first-order valence-electron chi connectivity index (χ1n) is 6.60. The van der Waals surface area contributed by atoms with E-state index in [9.17, 15) is 0 Å². The Balaban J connectivity index is 2.94. The summed E-state index contributed by atoms with van der Waals surface area (Å²) in [5.74, 6) is 0.717. The van der Waals surface area contributed by atoms with Gasteiger partial charge >= 0.3 is 0 Å². The Labute approximate surface area is 119 Å². The second-order valence-corrected chi connectivity index (χ2v) is 5.45. The van der Waals surface area contributed by atoms with Gasteiger partial charge in [-0.25, -0.2) is 0 Å². The Morgan fingerprint density at radius 3 is 2.39 bits per heavy atom. The van der Waals surface area contributed by atoms with Gasteiger partial charge in [-0.15, -0.1) is 0 Å². The number of hydrogen-bond acceptors (Lipinski definition) is 2. The molecule has 0 aromatic heterocycles. The monoisotopic (exact) mass is 308 g/mol. The van der Waals surface area contributed by atoms with E-state index in [1.807, 2.05) is 12.1 Å². The van der Waals surface area contributed by atoms with Crippen LogP contribution in [0.1, 0.15) is 39.2 Å². The third-order valence-corrected chi connectivity index (χ3v) is 3.85. The molecule has 0 aliphatic heterocycles. The molecule has 2 nitrogen and oxygen atoms in total. The third-order valence-electron chi connectivity index (χ3n) is 3.39. The van der Waals surface area contributed by atoms with Gasteiger partial charge in [0.05, 0.1) is 11.6 Å². The van der Waals surface area contributed by atoms with Crippen LogP contribution in [0.5, 0.6) is 0 Å². The fraction of sp³-hybridized carbons (Fsp3) is 0.533. The number of benzene rings is 1. The third kappa shape index (κ3) is 4.03. The van der Waals surface area contributed by atoms with E-state index >= 15 is 0 Å². The molecule has 0 aliphatic rings. The molecule has 1 rings (SSSR count). The smallest absolute Gasteiger partial charge is 0.0992 e. The van der Waals surface area contributed by atoms with Crippen LogP contribution < -0.4 is 4.90 Å². The lowest BCUT2D eigenvalue weighted by atomic mass is 10.0. The number of nitrogens with zero attached hydrogens (tertiary/aromatic N) is 2. The van der Waals surface area contributed by atoms with Gasteiger partial charge < -0.3 is 4.90 Å². The summed E-state index contributed by atoms with van der Waals surface area (Å²) in [6, 6.07) is 8.13. The molecule has 0 atom stereocenters. The lowest BCUT2D eigenvalue weighted by Gasteiger charge is -2.27. The molecule has 18 heavy (non-hydrogen) atoms. The second-order valence-electron chi connectivity index (χ2n) is 4.53. The van der Waals surface area contributed by atoms with Crippen LogP contribution in [-0.2, 0) is 0 Å². The molecule has 1 aromatic rings. The fourth-order valence-corrected chi connectivity index (χ4v) is 2.58. The summed E-state index contributed by atoms with van der Waals surface area (Å²) in [5, 5.41) is 9.03. The van der Waals surface area contributed by atoms with Crippen molar-refractivity contribution in [3.63, 3.8) is 0 Å². The number of hydrogen-bond donors (Lipinski definition) is 0. The highest BCUT2D eigenvalue weighted by Gasteiger charge is 2.12. The first-order chi connectivity index (χ1) is 8.64. The van der Waals surface area contributed by atoms with Crippen molar-refractivity contribution in [3.05, 3.63) is 28.2 Å². The lowest BCUT2D eigenvalue weighted by Crippen LogP contribution is -2.29. The van der Waals surface area contributed by atoms with Crippen LogP contribution in [0.15, 0.2) is 22.7 Å². The predicted octanol–water partition coefficient (Wildman–Crippen LogP) is 4.58. The number of rotatable bonds is 6. The summed E-state index contributed by atoms with van der Waals surface area (Å²) in [7, 11) is 0. The summed E-state index contributed by atoms with van der Waals surface area (Å²) in [5.41, 5.74) is 1.85. The zero-order chi connectivity index (χ0) is 13.5.